The van der Waals surface area contributed by atoms with E-state index in [4.69, 9.17) is 4.42 Å². The van der Waals surface area contributed by atoms with Gasteiger partial charge in [-0.2, -0.15) is 0 Å². The Labute approximate surface area is 145 Å². The van der Waals surface area contributed by atoms with E-state index in [1.54, 1.807) is 6.92 Å². The van der Waals surface area contributed by atoms with E-state index < -0.39 is 17.9 Å². The number of benzene rings is 1. The number of carboxylic acid groups (broad SMARTS) is 1. The van der Waals surface area contributed by atoms with E-state index in [-0.39, 0.29) is 24.8 Å². The van der Waals surface area contributed by atoms with E-state index >= 15 is 0 Å². The molecule has 7 nitrogen and oxygen atoms in total. The summed E-state index contributed by atoms with van der Waals surface area (Å²) in [5, 5.41) is 12.7. The van der Waals surface area contributed by atoms with Gasteiger partial charge in [0.15, 0.2) is 5.76 Å². The summed E-state index contributed by atoms with van der Waals surface area (Å²) >= 11 is 0. The predicted molar refractivity (Wildman–Crippen MR) is 92.5 cm³/mol. The van der Waals surface area contributed by atoms with Crippen LogP contribution in [0.25, 0.3) is 11.0 Å². The summed E-state index contributed by atoms with van der Waals surface area (Å²) in [6.07, 6.45) is 0. The van der Waals surface area contributed by atoms with E-state index in [0.717, 1.165) is 10.9 Å². The van der Waals surface area contributed by atoms with Crippen molar-refractivity contribution < 1.29 is 23.9 Å². The first-order valence-electron chi connectivity index (χ1n) is 8.01. The van der Waals surface area contributed by atoms with E-state index in [1.165, 1.54) is 18.7 Å². The van der Waals surface area contributed by atoms with Crippen LogP contribution >= 0.6 is 0 Å². The van der Waals surface area contributed by atoms with Crippen molar-refractivity contribution in [3.05, 3.63) is 35.1 Å². The standard InChI is InChI=1S/C18H22N2O5/c1-10-6-5-7-14-11(2)16(25-15(10)14)17(22)20(12(3)18(23)24)9-8-19-13(4)21/h5-7,12H,8-9H2,1-4H3,(H,19,21)(H,23,24). The predicted octanol–water partition coefficient (Wildman–Crippen LogP) is 2.10. The van der Waals surface area contributed by atoms with E-state index in [9.17, 15) is 19.5 Å². The Hall–Kier alpha value is -2.83. The number of rotatable bonds is 6. The molecule has 1 heterocycles. The van der Waals surface area contributed by atoms with Crippen molar-refractivity contribution in [2.24, 2.45) is 0 Å². The first kappa shape index (κ1) is 18.5. The lowest BCUT2D eigenvalue weighted by Gasteiger charge is -2.26. The molecule has 0 fully saturated rings. The summed E-state index contributed by atoms with van der Waals surface area (Å²) < 4.78 is 5.76. The third-order valence-corrected chi connectivity index (χ3v) is 4.17. The van der Waals surface area contributed by atoms with Gasteiger partial charge in [0.05, 0.1) is 0 Å². The maximum atomic E-state index is 12.9. The molecule has 1 aromatic carbocycles. The van der Waals surface area contributed by atoms with Crippen LogP contribution in [0, 0.1) is 13.8 Å². The molecule has 2 amide bonds. The topological polar surface area (TPSA) is 99.9 Å². The van der Waals surface area contributed by atoms with Gasteiger partial charge >= 0.3 is 5.97 Å². The molecule has 0 radical (unpaired) electrons. The summed E-state index contributed by atoms with van der Waals surface area (Å²) in [5.41, 5.74) is 2.19. The van der Waals surface area contributed by atoms with Crippen LogP contribution in [0.15, 0.2) is 22.6 Å². The third kappa shape index (κ3) is 3.81. The van der Waals surface area contributed by atoms with Crippen LogP contribution < -0.4 is 5.32 Å². The minimum atomic E-state index is -1.12. The number of carbonyl (C=O) groups is 3. The summed E-state index contributed by atoms with van der Waals surface area (Å²) in [4.78, 5) is 36.5. The van der Waals surface area contributed by atoms with Crippen molar-refractivity contribution >= 4 is 28.8 Å². The highest BCUT2D eigenvalue weighted by Crippen LogP contribution is 2.28. The third-order valence-electron chi connectivity index (χ3n) is 4.17. The molecule has 2 N–H and O–H groups in total. The first-order valence-corrected chi connectivity index (χ1v) is 8.01. The fraction of sp³-hybridized carbons (Fsp3) is 0.389. The molecule has 7 heteroatoms. The number of carbonyl (C=O) groups excluding carboxylic acids is 2. The van der Waals surface area contributed by atoms with Crippen molar-refractivity contribution in [2.75, 3.05) is 13.1 Å². The van der Waals surface area contributed by atoms with E-state index in [0.29, 0.717) is 11.1 Å². The molecule has 0 spiro atoms. The lowest BCUT2D eigenvalue weighted by Crippen LogP contribution is -2.46. The fourth-order valence-electron chi connectivity index (χ4n) is 2.68. The number of carboxylic acids is 1. The molecule has 134 valence electrons. The van der Waals surface area contributed by atoms with Gasteiger partial charge in [-0.25, -0.2) is 4.79 Å². The molecule has 0 saturated carbocycles. The molecular weight excluding hydrogens is 324 g/mol. The Bertz CT molecular complexity index is 824. The van der Waals surface area contributed by atoms with Gasteiger partial charge in [0, 0.05) is 31.0 Å². The molecule has 1 atom stereocenters. The number of aliphatic carboxylic acids is 1. The van der Waals surface area contributed by atoms with Crippen LogP contribution in [0.3, 0.4) is 0 Å². The highest BCUT2D eigenvalue weighted by Gasteiger charge is 2.30. The van der Waals surface area contributed by atoms with Crippen molar-refractivity contribution in [3.63, 3.8) is 0 Å². The summed E-state index contributed by atoms with van der Waals surface area (Å²) in [7, 11) is 0. The van der Waals surface area contributed by atoms with Gasteiger partial charge in [0.25, 0.3) is 5.91 Å². The molecular formula is C18H22N2O5. The number of fused-ring (bicyclic) bond motifs is 1. The number of nitrogens with zero attached hydrogens (tertiary/aromatic N) is 1. The van der Waals surface area contributed by atoms with Gasteiger partial charge in [-0.05, 0) is 26.3 Å². The smallest absolute Gasteiger partial charge is 0.326 e. The lowest BCUT2D eigenvalue weighted by atomic mass is 10.1. The number of furan rings is 1. The summed E-state index contributed by atoms with van der Waals surface area (Å²) in [6, 6.07) is 4.58. The van der Waals surface area contributed by atoms with Crippen molar-refractivity contribution in [2.45, 2.75) is 33.7 Å². The molecule has 2 rings (SSSR count). The Kier molecular flexibility index (Phi) is 5.46. The van der Waals surface area contributed by atoms with Crippen LogP contribution in [0.5, 0.6) is 0 Å². The van der Waals surface area contributed by atoms with Crippen LogP contribution in [-0.4, -0.2) is 46.9 Å². The number of para-hydroxylation sites is 1. The fourth-order valence-corrected chi connectivity index (χ4v) is 2.68. The molecule has 25 heavy (non-hydrogen) atoms. The number of aryl methyl sites for hydroxylation is 2. The minimum absolute atomic E-state index is 0.0708. The van der Waals surface area contributed by atoms with Gasteiger partial charge < -0.3 is 19.7 Å². The van der Waals surface area contributed by atoms with Crippen molar-refractivity contribution in [3.8, 4) is 0 Å². The lowest BCUT2D eigenvalue weighted by molar-refractivity contribution is -0.141. The Morgan fingerprint density at radius 1 is 1.28 bits per heavy atom. The monoisotopic (exact) mass is 346 g/mol. The van der Waals surface area contributed by atoms with Gasteiger partial charge in [0.1, 0.15) is 11.6 Å². The van der Waals surface area contributed by atoms with Gasteiger partial charge in [-0.1, -0.05) is 18.2 Å². The van der Waals surface area contributed by atoms with Gasteiger partial charge in [0.2, 0.25) is 5.91 Å². The van der Waals surface area contributed by atoms with Gasteiger partial charge in [-0.3, -0.25) is 9.59 Å². The highest BCUT2D eigenvalue weighted by molar-refractivity contribution is 6.00. The Balaban J connectivity index is 2.38. The van der Waals surface area contributed by atoms with Crippen LogP contribution in [0.2, 0.25) is 0 Å². The first-order chi connectivity index (χ1) is 11.7. The van der Waals surface area contributed by atoms with Crippen LogP contribution in [-0.2, 0) is 9.59 Å². The number of hydrogen-bond acceptors (Lipinski definition) is 4. The number of nitrogens with one attached hydrogen (secondary N) is 1. The number of amides is 2. The Morgan fingerprint density at radius 3 is 2.52 bits per heavy atom. The average molecular weight is 346 g/mol. The van der Waals surface area contributed by atoms with E-state index in [2.05, 4.69) is 5.32 Å². The summed E-state index contributed by atoms with van der Waals surface area (Å²) in [6.45, 7) is 6.68. The summed E-state index contributed by atoms with van der Waals surface area (Å²) in [5.74, 6) is -1.75. The molecule has 0 aliphatic heterocycles. The molecule has 0 aliphatic carbocycles. The second-order valence-corrected chi connectivity index (χ2v) is 6.00. The maximum absolute atomic E-state index is 12.9. The highest BCUT2D eigenvalue weighted by atomic mass is 16.4. The van der Waals surface area contributed by atoms with Crippen LogP contribution in [0.1, 0.15) is 35.5 Å². The van der Waals surface area contributed by atoms with Crippen molar-refractivity contribution in [1.29, 1.82) is 0 Å². The molecule has 0 aliphatic rings. The largest absolute Gasteiger partial charge is 0.480 e. The second kappa shape index (κ2) is 7.38. The van der Waals surface area contributed by atoms with Gasteiger partial charge in [-0.15, -0.1) is 0 Å². The average Bonchev–Trinajstić information content (AvgIpc) is 2.89. The molecule has 0 bridgehead atoms. The zero-order valence-electron chi connectivity index (χ0n) is 14.8. The normalized spacial score (nSPS) is 12.0. The zero-order chi connectivity index (χ0) is 18.7. The van der Waals surface area contributed by atoms with E-state index in [1.807, 2.05) is 25.1 Å². The molecule has 1 unspecified atom stereocenters. The Morgan fingerprint density at radius 2 is 1.96 bits per heavy atom. The number of hydrogen-bond donors (Lipinski definition) is 2. The quantitative estimate of drug-likeness (QED) is 0.834. The molecule has 2 aromatic rings. The maximum Gasteiger partial charge on any atom is 0.326 e. The molecule has 0 saturated heterocycles. The SMILES string of the molecule is CC(=O)NCCN(C(=O)c1oc2c(C)cccc2c1C)C(C)C(=O)O. The second-order valence-electron chi connectivity index (χ2n) is 6.00. The minimum Gasteiger partial charge on any atom is -0.480 e. The molecule has 1 aromatic heterocycles. The van der Waals surface area contributed by atoms with Crippen molar-refractivity contribution in [1.82, 2.24) is 10.2 Å². The van der Waals surface area contributed by atoms with Crippen LogP contribution in [0.4, 0.5) is 0 Å². The zero-order valence-corrected chi connectivity index (χ0v) is 14.8.